The molecule has 2 fully saturated rings. The van der Waals surface area contributed by atoms with Crippen molar-refractivity contribution < 1.29 is 32.5 Å². The Balaban J connectivity index is 0.000000216. The van der Waals surface area contributed by atoms with Crippen molar-refractivity contribution in [2.24, 2.45) is 0 Å². The van der Waals surface area contributed by atoms with Gasteiger partial charge >= 0.3 is 6.18 Å². The van der Waals surface area contributed by atoms with E-state index in [1.807, 2.05) is 19.2 Å². The van der Waals surface area contributed by atoms with Crippen LogP contribution in [-0.4, -0.2) is 68.3 Å². The van der Waals surface area contributed by atoms with Gasteiger partial charge in [-0.05, 0) is 48.5 Å². The summed E-state index contributed by atoms with van der Waals surface area (Å²) in [5.41, 5.74) is 1.84. The van der Waals surface area contributed by atoms with Gasteiger partial charge in [0.2, 0.25) is 5.88 Å². The third kappa shape index (κ3) is 6.32. The first kappa shape index (κ1) is 27.6. The van der Waals surface area contributed by atoms with Crippen LogP contribution in [0.25, 0.3) is 0 Å². The number of pyridine rings is 1. The molecule has 1 N–H and O–H groups in total. The Morgan fingerprint density at radius 2 is 1.76 bits per heavy atom. The minimum absolute atomic E-state index is 0.118. The molecule has 2 saturated heterocycles. The number of aldehydes is 1. The Hall–Kier alpha value is -3.47. The molecule has 2 aromatic carbocycles. The zero-order valence-corrected chi connectivity index (χ0v) is 21.2. The molecule has 1 aromatic heterocycles. The van der Waals surface area contributed by atoms with Crippen LogP contribution in [0.3, 0.4) is 0 Å². The summed E-state index contributed by atoms with van der Waals surface area (Å²) >= 11 is 0. The van der Waals surface area contributed by atoms with E-state index in [4.69, 9.17) is 9.47 Å². The van der Waals surface area contributed by atoms with Crippen molar-refractivity contribution in [1.82, 2.24) is 9.88 Å². The van der Waals surface area contributed by atoms with Gasteiger partial charge in [0.25, 0.3) is 0 Å². The highest BCUT2D eigenvalue weighted by Crippen LogP contribution is 2.33. The summed E-state index contributed by atoms with van der Waals surface area (Å²) in [6.45, 7) is 2.95. The molecule has 0 saturated carbocycles. The van der Waals surface area contributed by atoms with E-state index in [1.165, 1.54) is 0 Å². The lowest BCUT2D eigenvalue weighted by atomic mass is 9.92. The highest BCUT2D eigenvalue weighted by molar-refractivity contribution is 5.74. The van der Waals surface area contributed by atoms with Gasteiger partial charge in [0.15, 0.2) is 0 Å². The van der Waals surface area contributed by atoms with E-state index in [-0.39, 0.29) is 6.04 Å². The molecule has 0 aliphatic carbocycles. The highest BCUT2D eigenvalue weighted by atomic mass is 19.4. The topological polar surface area (TPSA) is 75.1 Å². The van der Waals surface area contributed by atoms with Crippen molar-refractivity contribution in [2.45, 2.75) is 17.8 Å². The van der Waals surface area contributed by atoms with Crippen LogP contribution in [0.15, 0.2) is 66.9 Å². The van der Waals surface area contributed by atoms with E-state index in [0.29, 0.717) is 31.2 Å². The van der Waals surface area contributed by atoms with Gasteiger partial charge in [-0.3, -0.25) is 9.69 Å². The minimum Gasteiger partial charge on any atom is -0.481 e. The maximum Gasteiger partial charge on any atom is 0.416 e. The zero-order valence-electron chi connectivity index (χ0n) is 21.2. The second-order valence-electron chi connectivity index (χ2n) is 9.38. The summed E-state index contributed by atoms with van der Waals surface area (Å²) in [4.78, 5) is 18.8. The van der Waals surface area contributed by atoms with Gasteiger partial charge < -0.3 is 19.5 Å². The molecule has 2 aliphatic rings. The number of carbonyl (C=O) groups is 1. The standard InChI is InChI=1S/C18H20F3N3O.C10H10O3/c1-23-9-10-24(15-5-3-14(4-6-15)18(19,20)21)12-16(23)13-7-8-22-17(11-13)25-2;11-5-8-1-3-9(4-2-8)10(12)6-13-7-10/h3-8,11,16H,9-10,12H2,1-2H3;1-5,12H,6-7H2. The lowest BCUT2D eigenvalue weighted by Gasteiger charge is -2.41. The fourth-order valence-electron chi connectivity index (χ4n) is 4.41. The number of carbonyl (C=O) groups excluding carboxylic acids is 1. The van der Waals surface area contributed by atoms with E-state index < -0.39 is 17.3 Å². The fourth-order valence-corrected chi connectivity index (χ4v) is 4.41. The monoisotopic (exact) mass is 529 g/mol. The molecule has 0 spiro atoms. The summed E-state index contributed by atoms with van der Waals surface area (Å²) in [6.07, 6.45) is -1.82. The van der Waals surface area contributed by atoms with Gasteiger partial charge in [0.1, 0.15) is 11.9 Å². The van der Waals surface area contributed by atoms with Crippen molar-refractivity contribution in [3.05, 3.63) is 89.1 Å². The lowest BCUT2D eigenvalue weighted by molar-refractivity contribution is -0.184. The van der Waals surface area contributed by atoms with Gasteiger partial charge in [-0.15, -0.1) is 0 Å². The molecule has 0 bridgehead atoms. The Labute approximate surface area is 219 Å². The molecule has 10 heteroatoms. The molecular weight excluding hydrogens is 499 g/mol. The van der Waals surface area contributed by atoms with E-state index in [9.17, 15) is 23.1 Å². The molecule has 3 heterocycles. The van der Waals surface area contributed by atoms with Crippen molar-refractivity contribution >= 4 is 12.0 Å². The fraction of sp³-hybridized carbons (Fsp3) is 0.357. The molecule has 7 nitrogen and oxygen atoms in total. The van der Waals surface area contributed by atoms with E-state index >= 15 is 0 Å². The van der Waals surface area contributed by atoms with Crippen LogP contribution in [0.1, 0.15) is 33.1 Å². The van der Waals surface area contributed by atoms with Gasteiger partial charge in [0.05, 0.1) is 31.9 Å². The number of hydrogen-bond acceptors (Lipinski definition) is 7. The average Bonchev–Trinajstić information content (AvgIpc) is 2.92. The van der Waals surface area contributed by atoms with Crippen molar-refractivity contribution in [1.29, 1.82) is 0 Å². The SMILES string of the molecule is COc1cc(C2CN(c3ccc(C(F)(F)F)cc3)CCN2C)ccn1.O=Cc1ccc(C2(O)COC2)cc1. The van der Waals surface area contributed by atoms with Crippen LogP contribution < -0.4 is 9.64 Å². The van der Waals surface area contributed by atoms with Crippen molar-refractivity contribution in [3.63, 3.8) is 0 Å². The number of ether oxygens (including phenoxy) is 2. The molecule has 3 aromatic rings. The molecule has 0 amide bonds. The quantitative estimate of drug-likeness (QED) is 0.494. The van der Waals surface area contributed by atoms with Crippen LogP contribution in [-0.2, 0) is 16.5 Å². The number of aliphatic hydroxyl groups is 1. The van der Waals surface area contributed by atoms with Gasteiger partial charge in [-0.2, -0.15) is 13.2 Å². The summed E-state index contributed by atoms with van der Waals surface area (Å²) < 4.78 is 48.3. The molecule has 5 rings (SSSR count). The number of piperazine rings is 1. The van der Waals surface area contributed by atoms with Crippen LogP contribution in [0, 0.1) is 0 Å². The smallest absolute Gasteiger partial charge is 0.416 e. The lowest BCUT2D eigenvalue weighted by Crippen LogP contribution is -2.46. The van der Waals surface area contributed by atoms with Crippen molar-refractivity contribution in [3.8, 4) is 5.88 Å². The van der Waals surface area contributed by atoms with Gasteiger partial charge in [-0.1, -0.05) is 24.3 Å². The summed E-state index contributed by atoms with van der Waals surface area (Å²) in [5, 5.41) is 9.83. The maximum absolute atomic E-state index is 12.7. The second-order valence-corrected chi connectivity index (χ2v) is 9.38. The van der Waals surface area contributed by atoms with E-state index in [1.54, 1.807) is 49.7 Å². The van der Waals surface area contributed by atoms with Crippen LogP contribution in [0.2, 0.25) is 0 Å². The molecule has 38 heavy (non-hydrogen) atoms. The second kappa shape index (κ2) is 11.5. The number of alkyl halides is 3. The number of rotatable bonds is 5. The molecule has 1 atom stereocenters. The van der Waals surface area contributed by atoms with Crippen molar-refractivity contribution in [2.75, 3.05) is 51.9 Å². The highest BCUT2D eigenvalue weighted by Gasteiger charge is 2.37. The van der Waals surface area contributed by atoms with Crippen LogP contribution in [0.5, 0.6) is 5.88 Å². The summed E-state index contributed by atoms with van der Waals surface area (Å²) in [7, 11) is 3.62. The average molecular weight is 530 g/mol. The molecular formula is C28H30F3N3O4. The first-order valence-corrected chi connectivity index (χ1v) is 12.1. The number of likely N-dealkylation sites (N-methyl/N-ethyl adjacent to an activating group) is 1. The number of hydrogen-bond donors (Lipinski definition) is 1. The number of methoxy groups -OCH3 is 1. The largest absolute Gasteiger partial charge is 0.481 e. The maximum atomic E-state index is 12.7. The molecule has 1 unspecified atom stereocenters. The third-order valence-corrected chi connectivity index (χ3v) is 6.83. The van der Waals surface area contributed by atoms with Gasteiger partial charge in [-0.25, -0.2) is 4.98 Å². The van der Waals surface area contributed by atoms with Crippen LogP contribution >= 0.6 is 0 Å². The van der Waals surface area contributed by atoms with E-state index in [2.05, 4.69) is 14.8 Å². The normalized spacial score (nSPS) is 19.1. The van der Waals surface area contributed by atoms with E-state index in [0.717, 1.165) is 48.3 Å². The zero-order chi connectivity index (χ0) is 27.3. The minimum atomic E-state index is -4.31. The van der Waals surface area contributed by atoms with Gasteiger partial charge in [0, 0.05) is 43.1 Å². The number of halogens is 3. The van der Waals surface area contributed by atoms with Crippen LogP contribution in [0.4, 0.5) is 18.9 Å². The predicted octanol–water partition coefficient (Wildman–Crippen LogP) is 4.32. The predicted molar refractivity (Wildman–Crippen MR) is 136 cm³/mol. The molecule has 2 aliphatic heterocycles. The third-order valence-electron chi connectivity index (χ3n) is 6.83. The number of aromatic nitrogens is 1. The Morgan fingerprint density at radius 1 is 1.08 bits per heavy atom. The Bertz CT molecular complexity index is 1220. The number of nitrogens with zero attached hydrogens (tertiary/aromatic N) is 3. The summed E-state index contributed by atoms with van der Waals surface area (Å²) in [5.74, 6) is 0.553. The number of benzene rings is 2. The molecule has 202 valence electrons. The summed E-state index contributed by atoms with van der Waals surface area (Å²) in [6, 6.07) is 16.2. The Kier molecular flexibility index (Phi) is 8.35. The molecule has 0 radical (unpaired) electrons. The first-order valence-electron chi connectivity index (χ1n) is 12.1. The first-order chi connectivity index (χ1) is 18.1. The number of anilines is 1. The Morgan fingerprint density at radius 3 is 2.32 bits per heavy atom.